The first-order chi connectivity index (χ1) is 8.60. The van der Waals surface area contributed by atoms with Crippen molar-refractivity contribution in [2.45, 2.75) is 37.5 Å². The Morgan fingerprint density at radius 3 is 2.94 bits per heavy atom. The second kappa shape index (κ2) is 4.32. The standard InChI is InChI=1S/C15H18O2S/c1-10-5-3-6-11-9-12(17-13(10)11)14(16)15(2)7-4-8-18-15/h3,5-6,9,14,16H,4,7-8H2,1-2H3. The molecule has 1 saturated heterocycles. The third-order valence-corrected chi connectivity index (χ3v) is 5.44. The SMILES string of the molecule is Cc1cccc2cc(C(O)C3(C)CCCS3)oc12. The Hall–Kier alpha value is -0.930. The van der Waals surface area contributed by atoms with Gasteiger partial charge in [0.1, 0.15) is 17.4 Å². The molecule has 3 rings (SSSR count). The summed E-state index contributed by atoms with van der Waals surface area (Å²) in [7, 11) is 0. The summed E-state index contributed by atoms with van der Waals surface area (Å²) in [6, 6.07) is 8.08. The van der Waals surface area contributed by atoms with Crippen molar-refractivity contribution in [2.75, 3.05) is 5.75 Å². The lowest BCUT2D eigenvalue weighted by molar-refractivity contribution is 0.112. The van der Waals surface area contributed by atoms with Gasteiger partial charge in [0.25, 0.3) is 0 Å². The highest BCUT2D eigenvalue weighted by Gasteiger charge is 2.39. The summed E-state index contributed by atoms with van der Waals surface area (Å²) in [5.41, 5.74) is 2.02. The Morgan fingerprint density at radius 1 is 1.44 bits per heavy atom. The molecule has 1 fully saturated rings. The predicted octanol–water partition coefficient (Wildman–Crippen LogP) is 4.06. The molecule has 1 aliphatic rings. The molecule has 2 nitrogen and oxygen atoms in total. The fourth-order valence-corrected chi connectivity index (χ4v) is 4.00. The Labute approximate surface area is 111 Å². The minimum Gasteiger partial charge on any atom is -0.458 e. The number of furan rings is 1. The van der Waals surface area contributed by atoms with Gasteiger partial charge in [0.15, 0.2) is 0 Å². The Kier molecular flexibility index (Phi) is 2.91. The number of benzene rings is 1. The zero-order valence-corrected chi connectivity index (χ0v) is 11.6. The van der Waals surface area contributed by atoms with Gasteiger partial charge in [-0.05, 0) is 44.1 Å². The van der Waals surface area contributed by atoms with Crippen molar-refractivity contribution in [3.63, 3.8) is 0 Å². The highest BCUT2D eigenvalue weighted by atomic mass is 32.2. The molecule has 0 aliphatic carbocycles. The van der Waals surface area contributed by atoms with E-state index in [0.29, 0.717) is 5.76 Å². The lowest BCUT2D eigenvalue weighted by Gasteiger charge is -2.27. The molecule has 0 spiro atoms. The zero-order valence-electron chi connectivity index (χ0n) is 10.8. The Balaban J connectivity index is 2.01. The molecule has 1 N–H and O–H groups in total. The van der Waals surface area contributed by atoms with Crippen LogP contribution in [-0.2, 0) is 0 Å². The van der Waals surface area contributed by atoms with Gasteiger partial charge in [-0.2, -0.15) is 11.8 Å². The number of hydrogen-bond acceptors (Lipinski definition) is 3. The highest BCUT2D eigenvalue weighted by Crippen LogP contribution is 2.47. The molecule has 0 bridgehead atoms. The van der Waals surface area contributed by atoms with E-state index in [-0.39, 0.29) is 4.75 Å². The first-order valence-corrected chi connectivity index (χ1v) is 7.40. The topological polar surface area (TPSA) is 33.4 Å². The minimum absolute atomic E-state index is 0.0955. The van der Waals surface area contributed by atoms with E-state index in [2.05, 4.69) is 6.92 Å². The fraction of sp³-hybridized carbons (Fsp3) is 0.467. The van der Waals surface area contributed by atoms with Crippen LogP contribution in [0.5, 0.6) is 0 Å². The Bertz CT molecular complexity index is 567. The molecule has 0 amide bonds. The van der Waals surface area contributed by atoms with Crippen molar-refractivity contribution in [1.82, 2.24) is 0 Å². The van der Waals surface area contributed by atoms with Gasteiger partial charge >= 0.3 is 0 Å². The van der Waals surface area contributed by atoms with Crippen LogP contribution in [0.3, 0.4) is 0 Å². The summed E-state index contributed by atoms with van der Waals surface area (Å²) in [5, 5.41) is 11.6. The molecule has 1 aliphatic heterocycles. The van der Waals surface area contributed by atoms with E-state index >= 15 is 0 Å². The van der Waals surface area contributed by atoms with Crippen molar-refractivity contribution in [2.24, 2.45) is 0 Å². The zero-order chi connectivity index (χ0) is 12.8. The molecule has 96 valence electrons. The number of fused-ring (bicyclic) bond motifs is 1. The number of aliphatic hydroxyl groups is 1. The minimum atomic E-state index is -0.517. The predicted molar refractivity (Wildman–Crippen MR) is 76.0 cm³/mol. The average molecular weight is 262 g/mol. The summed E-state index contributed by atoms with van der Waals surface area (Å²) >= 11 is 1.85. The molecular formula is C15H18O2S. The fourth-order valence-electron chi connectivity index (χ4n) is 2.68. The monoisotopic (exact) mass is 262 g/mol. The summed E-state index contributed by atoms with van der Waals surface area (Å²) in [6.45, 7) is 4.17. The number of para-hydroxylation sites is 1. The molecule has 0 saturated carbocycles. The Morgan fingerprint density at radius 2 is 2.28 bits per heavy atom. The van der Waals surface area contributed by atoms with Crippen LogP contribution in [0.2, 0.25) is 0 Å². The third kappa shape index (κ3) is 1.86. The lowest BCUT2D eigenvalue weighted by atomic mass is 9.97. The van der Waals surface area contributed by atoms with Crippen LogP contribution in [0.15, 0.2) is 28.7 Å². The third-order valence-electron chi connectivity index (χ3n) is 3.86. The number of aliphatic hydroxyl groups excluding tert-OH is 1. The van der Waals surface area contributed by atoms with Crippen molar-refractivity contribution in [1.29, 1.82) is 0 Å². The van der Waals surface area contributed by atoms with Gasteiger partial charge in [-0.15, -0.1) is 0 Å². The molecule has 1 aromatic carbocycles. The summed E-state index contributed by atoms with van der Waals surface area (Å²) in [4.78, 5) is 0. The quantitative estimate of drug-likeness (QED) is 0.886. The molecule has 2 unspecified atom stereocenters. The maximum atomic E-state index is 10.6. The van der Waals surface area contributed by atoms with Crippen LogP contribution in [0.4, 0.5) is 0 Å². The summed E-state index contributed by atoms with van der Waals surface area (Å²) in [5.74, 6) is 1.84. The normalized spacial score (nSPS) is 25.7. The van der Waals surface area contributed by atoms with E-state index in [1.165, 1.54) is 6.42 Å². The molecule has 18 heavy (non-hydrogen) atoms. The molecule has 1 aromatic heterocycles. The van der Waals surface area contributed by atoms with Crippen LogP contribution in [0, 0.1) is 6.92 Å². The molecule has 2 heterocycles. The first kappa shape index (κ1) is 12.1. The van der Waals surface area contributed by atoms with E-state index < -0.39 is 6.10 Å². The van der Waals surface area contributed by atoms with Crippen LogP contribution in [-0.4, -0.2) is 15.6 Å². The van der Waals surface area contributed by atoms with Crippen LogP contribution in [0.1, 0.15) is 37.2 Å². The van der Waals surface area contributed by atoms with Crippen LogP contribution in [0.25, 0.3) is 11.0 Å². The highest BCUT2D eigenvalue weighted by molar-refractivity contribution is 8.00. The molecule has 0 radical (unpaired) electrons. The number of rotatable bonds is 2. The van der Waals surface area contributed by atoms with Crippen molar-refractivity contribution in [3.05, 3.63) is 35.6 Å². The van der Waals surface area contributed by atoms with Gasteiger partial charge in [0.05, 0.1) is 0 Å². The van der Waals surface area contributed by atoms with E-state index in [1.54, 1.807) is 0 Å². The maximum absolute atomic E-state index is 10.6. The maximum Gasteiger partial charge on any atom is 0.137 e. The van der Waals surface area contributed by atoms with Crippen molar-refractivity contribution >= 4 is 22.7 Å². The van der Waals surface area contributed by atoms with E-state index in [9.17, 15) is 5.11 Å². The largest absolute Gasteiger partial charge is 0.458 e. The lowest BCUT2D eigenvalue weighted by Crippen LogP contribution is -2.25. The number of hydrogen-bond donors (Lipinski definition) is 1. The second-order valence-electron chi connectivity index (χ2n) is 5.31. The molecule has 3 heteroatoms. The van der Waals surface area contributed by atoms with E-state index in [0.717, 1.165) is 28.7 Å². The number of thioether (sulfide) groups is 1. The van der Waals surface area contributed by atoms with Crippen LogP contribution < -0.4 is 0 Å². The molecule has 2 atom stereocenters. The van der Waals surface area contributed by atoms with Crippen LogP contribution >= 0.6 is 11.8 Å². The second-order valence-corrected chi connectivity index (χ2v) is 6.94. The first-order valence-electron chi connectivity index (χ1n) is 6.41. The molecule has 2 aromatic rings. The van der Waals surface area contributed by atoms with Crippen molar-refractivity contribution in [3.8, 4) is 0 Å². The number of aryl methyl sites for hydroxylation is 1. The van der Waals surface area contributed by atoms with E-state index in [4.69, 9.17) is 4.42 Å². The van der Waals surface area contributed by atoms with Gasteiger partial charge in [-0.1, -0.05) is 18.2 Å². The summed E-state index contributed by atoms with van der Waals surface area (Å²) in [6.07, 6.45) is 1.71. The smallest absolute Gasteiger partial charge is 0.137 e. The van der Waals surface area contributed by atoms with Gasteiger partial charge in [-0.3, -0.25) is 0 Å². The molecular weight excluding hydrogens is 244 g/mol. The van der Waals surface area contributed by atoms with Crippen molar-refractivity contribution < 1.29 is 9.52 Å². The van der Waals surface area contributed by atoms with Gasteiger partial charge in [-0.25, -0.2) is 0 Å². The van der Waals surface area contributed by atoms with Gasteiger partial charge in [0, 0.05) is 10.1 Å². The van der Waals surface area contributed by atoms with E-state index in [1.807, 2.05) is 43.0 Å². The average Bonchev–Trinajstić information content (AvgIpc) is 2.96. The van der Waals surface area contributed by atoms with Gasteiger partial charge < -0.3 is 9.52 Å². The van der Waals surface area contributed by atoms with Gasteiger partial charge in [0.2, 0.25) is 0 Å². The summed E-state index contributed by atoms with van der Waals surface area (Å²) < 4.78 is 5.78.